The minimum absolute atomic E-state index is 0.294. The lowest BCUT2D eigenvalue weighted by Crippen LogP contribution is -2.32. The molecular weight excluding hydrogens is 396 g/mol. The van der Waals surface area contributed by atoms with Gasteiger partial charge in [-0.1, -0.05) is 0 Å². The van der Waals surface area contributed by atoms with Crippen molar-refractivity contribution in [3.8, 4) is 0 Å². The van der Waals surface area contributed by atoms with Crippen LogP contribution in [0.1, 0.15) is 12.5 Å². The van der Waals surface area contributed by atoms with Crippen molar-refractivity contribution in [2.45, 2.75) is 19.1 Å². The van der Waals surface area contributed by atoms with Crippen molar-refractivity contribution < 1.29 is 36.1 Å². The van der Waals surface area contributed by atoms with Gasteiger partial charge in [0.15, 0.2) is 17.5 Å². The van der Waals surface area contributed by atoms with E-state index in [9.17, 15) is 41.3 Å². The number of benzene rings is 2. The Bertz CT molecular complexity index is 933. The van der Waals surface area contributed by atoms with Gasteiger partial charge in [0.2, 0.25) is 5.91 Å². The van der Waals surface area contributed by atoms with Gasteiger partial charge >= 0.3 is 6.18 Å². The summed E-state index contributed by atoms with van der Waals surface area (Å²) in [6.45, 7) is 1.18. The zero-order chi connectivity index (χ0) is 21.2. The lowest BCUT2D eigenvalue weighted by Gasteiger charge is -2.16. The van der Waals surface area contributed by atoms with E-state index in [-0.39, 0.29) is 0 Å². The molecule has 150 valence electrons. The monoisotopic (exact) mass is 407 g/mol. The van der Waals surface area contributed by atoms with Crippen LogP contribution in [0.4, 0.5) is 43.4 Å². The molecule has 1 amide bonds. The Morgan fingerprint density at radius 3 is 2.25 bits per heavy atom. The first-order chi connectivity index (χ1) is 12.9. The number of hydrogen-bond donors (Lipinski definition) is 2. The van der Waals surface area contributed by atoms with E-state index in [1.54, 1.807) is 0 Å². The van der Waals surface area contributed by atoms with E-state index in [0.29, 0.717) is 18.2 Å². The Balaban J connectivity index is 2.22. The first-order valence-electron chi connectivity index (χ1n) is 7.48. The molecule has 0 saturated heterocycles. The van der Waals surface area contributed by atoms with E-state index in [1.165, 1.54) is 6.92 Å². The predicted octanol–water partition coefficient (Wildman–Crippen LogP) is 4.47. The van der Waals surface area contributed by atoms with E-state index in [0.717, 1.165) is 12.1 Å². The molecule has 2 aromatic carbocycles. The third kappa shape index (κ3) is 4.50. The van der Waals surface area contributed by atoms with Gasteiger partial charge in [-0.25, -0.2) is 13.2 Å². The molecule has 0 bridgehead atoms. The Morgan fingerprint density at radius 2 is 1.68 bits per heavy atom. The predicted molar refractivity (Wildman–Crippen MR) is 86.1 cm³/mol. The third-order valence-corrected chi connectivity index (χ3v) is 3.58. The van der Waals surface area contributed by atoms with Crippen LogP contribution in [0.3, 0.4) is 0 Å². The Hall–Kier alpha value is -3.31. The molecular formula is C16H11F6N3O3. The van der Waals surface area contributed by atoms with Crippen LogP contribution in [0.2, 0.25) is 0 Å². The molecule has 1 atom stereocenters. The Kier molecular flexibility index (Phi) is 5.81. The number of nitrogens with zero attached hydrogens (tertiary/aromatic N) is 1. The van der Waals surface area contributed by atoms with Crippen molar-refractivity contribution in [1.82, 2.24) is 0 Å². The number of hydrogen-bond acceptors (Lipinski definition) is 4. The average Bonchev–Trinajstić information content (AvgIpc) is 2.61. The van der Waals surface area contributed by atoms with Crippen LogP contribution in [0.25, 0.3) is 0 Å². The summed E-state index contributed by atoms with van der Waals surface area (Å²) in [5.41, 5.74) is -3.27. The number of amides is 1. The quantitative estimate of drug-likeness (QED) is 0.332. The highest BCUT2D eigenvalue weighted by Crippen LogP contribution is 2.35. The van der Waals surface area contributed by atoms with E-state index >= 15 is 0 Å². The first kappa shape index (κ1) is 21.0. The highest BCUT2D eigenvalue weighted by atomic mass is 19.4. The average molecular weight is 407 g/mol. The second-order valence-electron chi connectivity index (χ2n) is 5.56. The molecule has 0 unspecified atom stereocenters. The van der Waals surface area contributed by atoms with Crippen molar-refractivity contribution in [2.75, 3.05) is 10.6 Å². The largest absolute Gasteiger partial charge is 0.416 e. The van der Waals surface area contributed by atoms with Crippen molar-refractivity contribution in [3.05, 3.63) is 63.5 Å². The maximum Gasteiger partial charge on any atom is 0.416 e. The van der Waals surface area contributed by atoms with Crippen LogP contribution in [-0.4, -0.2) is 16.9 Å². The van der Waals surface area contributed by atoms with Crippen molar-refractivity contribution in [2.24, 2.45) is 0 Å². The summed E-state index contributed by atoms with van der Waals surface area (Å²) in [6, 6.07) is 1.67. The van der Waals surface area contributed by atoms with Gasteiger partial charge in [0.25, 0.3) is 5.69 Å². The van der Waals surface area contributed by atoms with Gasteiger partial charge in [-0.2, -0.15) is 13.2 Å². The van der Waals surface area contributed by atoms with Crippen molar-refractivity contribution >= 4 is 23.0 Å². The maximum absolute atomic E-state index is 13.6. The topological polar surface area (TPSA) is 84.3 Å². The van der Waals surface area contributed by atoms with Crippen LogP contribution in [0, 0.1) is 27.6 Å². The lowest BCUT2D eigenvalue weighted by atomic mass is 10.1. The van der Waals surface area contributed by atoms with Gasteiger partial charge in [0, 0.05) is 6.07 Å². The fraction of sp³-hybridized carbons (Fsp3) is 0.188. The molecule has 0 aliphatic carbocycles. The van der Waals surface area contributed by atoms with Gasteiger partial charge in [0.1, 0.15) is 11.7 Å². The summed E-state index contributed by atoms with van der Waals surface area (Å²) in [6.07, 6.45) is -4.81. The Morgan fingerprint density at radius 1 is 1.07 bits per heavy atom. The van der Waals surface area contributed by atoms with Crippen molar-refractivity contribution in [1.29, 1.82) is 0 Å². The summed E-state index contributed by atoms with van der Waals surface area (Å²) < 4.78 is 77.8. The SMILES string of the molecule is C[C@H](Nc1ccc(C(F)(F)F)cc1[N+](=O)[O-])C(=O)Nc1ccc(F)c(F)c1F. The van der Waals surface area contributed by atoms with E-state index in [2.05, 4.69) is 5.32 Å². The molecule has 2 rings (SSSR count). The van der Waals surface area contributed by atoms with Crippen LogP contribution < -0.4 is 10.6 Å². The van der Waals surface area contributed by atoms with Crippen LogP contribution in [0.15, 0.2) is 30.3 Å². The number of nitro benzene ring substituents is 1. The normalized spacial score (nSPS) is 12.4. The molecule has 0 aliphatic rings. The number of carbonyl (C=O) groups is 1. The smallest absolute Gasteiger partial charge is 0.368 e. The Labute approximate surface area is 153 Å². The van der Waals surface area contributed by atoms with Gasteiger partial charge in [-0.3, -0.25) is 14.9 Å². The molecule has 0 aromatic heterocycles. The first-order valence-corrected chi connectivity index (χ1v) is 7.48. The minimum Gasteiger partial charge on any atom is -0.368 e. The number of alkyl halides is 3. The minimum atomic E-state index is -4.81. The van der Waals surface area contributed by atoms with Crippen LogP contribution >= 0.6 is 0 Å². The molecule has 0 fully saturated rings. The number of nitro groups is 1. The molecule has 12 heteroatoms. The van der Waals surface area contributed by atoms with E-state index in [1.807, 2.05) is 5.32 Å². The molecule has 0 aliphatic heterocycles. The van der Waals surface area contributed by atoms with Gasteiger partial charge < -0.3 is 10.6 Å². The third-order valence-electron chi connectivity index (χ3n) is 3.58. The zero-order valence-corrected chi connectivity index (χ0v) is 13.9. The highest BCUT2D eigenvalue weighted by Gasteiger charge is 2.33. The molecule has 0 radical (unpaired) electrons. The number of anilines is 2. The molecule has 0 saturated carbocycles. The highest BCUT2D eigenvalue weighted by molar-refractivity contribution is 5.96. The van der Waals surface area contributed by atoms with Gasteiger partial charge in [-0.15, -0.1) is 0 Å². The van der Waals surface area contributed by atoms with Gasteiger partial charge in [-0.05, 0) is 31.2 Å². The molecule has 0 spiro atoms. The molecule has 6 nitrogen and oxygen atoms in total. The molecule has 0 heterocycles. The fourth-order valence-electron chi connectivity index (χ4n) is 2.14. The standard InChI is InChI=1S/C16H11F6N3O3/c1-7(15(26)24-11-5-3-9(17)13(18)14(11)19)23-10-4-2-8(16(20,21)22)6-12(10)25(27)28/h2-7,23H,1H3,(H,24,26)/t7-/m0/s1. The second kappa shape index (κ2) is 7.74. The zero-order valence-electron chi connectivity index (χ0n) is 13.9. The summed E-state index contributed by atoms with van der Waals surface area (Å²) in [5.74, 6) is -5.93. The number of nitrogens with one attached hydrogen (secondary N) is 2. The molecule has 2 N–H and O–H groups in total. The maximum atomic E-state index is 13.6. The van der Waals surface area contributed by atoms with Crippen molar-refractivity contribution in [3.63, 3.8) is 0 Å². The summed E-state index contributed by atoms with van der Waals surface area (Å²) in [4.78, 5) is 22.0. The number of halogens is 6. The summed E-state index contributed by atoms with van der Waals surface area (Å²) in [7, 11) is 0. The summed E-state index contributed by atoms with van der Waals surface area (Å²) in [5, 5.41) is 15.3. The second-order valence-corrected chi connectivity index (χ2v) is 5.56. The van der Waals surface area contributed by atoms with Gasteiger partial charge in [0.05, 0.1) is 16.2 Å². The van der Waals surface area contributed by atoms with E-state index < -0.39 is 63.1 Å². The van der Waals surface area contributed by atoms with Crippen LogP contribution in [-0.2, 0) is 11.0 Å². The summed E-state index contributed by atoms with van der Waals surface area (Å²) >= 11 is 0. The van der Waals surface area contributed by atoms with E-state index in [4.69, 9.17) is 0 Å². The number of rotatable bonds is 5. The fourth-order valence-corrected chi connectivity index (χ4v) is 2.14. The lowest BCUT2D eigenvalue weighted by molar-refractivity contribution is -0.384. The molecule has 28 heavy (non-hydrogen) atoms. The molecule has 2 aromatic rings. The number of carbonyl (C=O) groups excluding carboxylic acids is 1. The van der Waals surface area contributed by atoms with Crippen LogP contribution in [0.5, 0.6) is 0 Å².